The van der Waals surface area contributed by atoms with Gasteiger partial charge in [0.15, 0.2) is 0 Å². The molecule has 1 aromatic carbocycles. The lowest BCUT2D eigenvalue weighted by Gasteiger charge is -2.16. The van der Waals surface area contributed by atoms with Gasteiger partial charge >= 0.3 is 0 Å². The molecule has 1 aromatic heterocycles. The van der Waals surface area contributed by atoms with Gasteiger partial charge in [-0.3, -0.25) is 14.6 Å². The molecule has 2 aromatic rings. The first-order valence-electron chi connectivity index (χ1n) is 10.3. The molecular weight excluding hydrogens is 350 g/mol. The highest BCUT2D eigenvalue weighted by Crippen LogP contribution is 2.17. The van der Waals surface area contributed by atoms with E-state index in [1.54, 1.807) is 12.1 Å². The normalized spacial score (nSPS) is 14.9. The fourth-order valence-electron chi connectivity index (χ4n) is 3.62. The molecule has 3 rings (SSSR count). The predicted molar refractivity (Wildman–Crippen MR) is 110 cm³/mol. The maximum atomic E-state index is 12.5. The molecule has 0 radical (unpaired) electrons. The molecule has 0 bridgehead atoms. The summed E-state index contributed by atoms with van der Waals surface area (Å²) in [6.07, 6.45) is 10.2. The average molecular weight is 380 g/mol. The van der Waals surface area contributed by atoms with E-state index < -0.39 is 0 Å². The second kappa shape index (κ2) is 10.6. The summed E-state index contributed by atoms with van der Waals surface area (Å²) in [6, 6.07) is 13.7. The van der Waals surface area contributed by atoms with Crippen LogP contribution < -0.4 is 10.6 Å². The Morgan fingerprint density at radius 2 is 1.71 bits per heavy atom. The average Bonchev–Trinajstić information content (AvgIpc) is 3.00. The van der Waals surface area contributed by atoms with Gasteiger partial charge in [0.2, 0.25) is 0 Å². The van der Waals surface area contributed by atoms with Crippen molar-refractivity contribution in [3.63, 3.8) is 0 Å². The Labute approximate surface area is 167 Å². The van der Waals surface area contributed by atoms with E-state index in [1.807, 2.05) is 18.2 Å². The third-order valence-electron chi connectivity index (χ3n) is 5.22. The van der Waals surface area contributed by atoms with Crippen LogP contribution in [0, 0.1) is 0 Å². The molecule has 1 heterocycles. The van der Waals surface area contributed by atoms with Crippen molar-refractivity contribution in [1.82, 2.24) is 15.6 Å². The number of pyridine rings is 1. The Bertz CT molecular complexity index is 768. The Hall–Kier alpha value is -2.69. The largest absolute Gasteiger partial charge is 0.352 e. The monoisotopic (exact) mass is 379 g/mol. The molecule has 5 heteroatoms. The number of hydrogen-bond donors (Lipinski definition) is 2. The first kappa shape index (κ1) is 20.1. The molecule has 0 unspecified atom stereocenters. The van der Waals surface area contributed by atoms with Crippen molar-refractivity contribution in [3.05, 3.63) is 65.5 Å². The molecule has 2 amide bonds. The number of amides is 2. The van der Waals surface area contributed by atoms with Crippen molar-refractivity contribution in [2.24, 2.45) is 0 Å². The standard InChI is InChI=1S/C23H29N3O2/c27-22(25-15-8-11-18-9-4-3-5-10-18)19-14-16-24-21(17-19)23(28)26-20-12-6-1-2-7-13-20/h3-5,9-10,14,16-17,20H,1-2,6-8,11-13,15H2,(H,25,27)(H,26,28). The fraction of sp³-hybridized carbons (Fsp3) is 0.435. The number of rotatable bonds is 7. The van der Waals surface area contributed by atoms with E-state index in [4.69, 9.17) is 0 Å². The summed E-state index contributed by atoms with van der Waals surface area (Å²) in [5.41, 5.74) is 2.04. The van der Waals surface area contributed by atoms with E-state index in [0.717, 1.165) is 38.5 Å². The molecule has 2 N–H and O–H groups in total. The van der Waals surface area contributed by atoms with Crippen molar-refractivity contribution in [3.8, 4) is 0 Å². The quantitative estimate of drug-likeness (QED) is 0.566. The highest BCUT2D eigenvalue weighted by Gasteiger charge is 2.17. The van der Waals surface area contributed by atoms with E-state index in [9.17, 15) is 9.59 Å². The van der Waals surface area contributed by atoms with E-state index in [-0.39, 0.29) is 17.9 Å². The number of nitrogens with one attached hydrogen (secondary N) is 2. The third kappa shape index (κ3) is 6.19. The second-order valence-corrected chi connectivity index (χ2v) is 7.44. The number of nitrogens with zero attached hydrogens (tertiary/aromatic N) is 1. The smallest absolute Gasteiger partial charge is 0.270 e. The van der Waals surface area contributed by atoms with Gasteiger partial charge in [-0.15, -0.1) is 0 Å². The molecule has 0 aliphatic heterocycles. The Morgan fingerprint density at radius 3 is 2.46 bits per heavy atom. The maximum absolute atomic E-state index is 12.5. The molecule has 28 heavy (non-hydrogen) atoms. The van der Waals surface area contributed by atoms with Crippen molar-refractivity contribution < 1.29 is 9.59 Å². The summed E-state index contributed by atoms with van der Waals surface area (Å²) in [4.78, 5) is 29.1. The number of carbonyl (C=O) groups excluding carboxylic acids is 2. The third-order valence-corrected chi connectivity index (χ3v) is 5.22. The van der Waals surface area contributed by atoms with Crippen LogP contribution in [0.15, 0.2) is 48.7 Å². The topological polar surface area (TPSA) is 71.1 Å². The summed E-state index contributed by atoms with van der Waals surface area (Å²) < 4.78 is 0. The first-order chi connectivity index (χ1) is 13.7. The fourth-order valence-corrected chi connectivity index (χ4v) is 3.62. The number of benzene rings is 1. The van der Waals surface area contributed by atoms with Gasteiger partial charge in [0.05, 0.1) is 0 Å². The minimum atomic E-state index is -0.189. The second-order valence-electron chi connectivity index (χ2n) is 7.44. The Morgan fingerprint density at radius 1 is 0.964 bits per heavy atom. The number of hydrogen-bond acceptors (Lipinski definition) is 3. The predicted octanol–water partition coefficient (Wildman–Crippen LogP) is 3.90. The van der Waals surface area contributed by atoms with Crippen LogP contribution in [0.3, 0.4) is 0 Å². The highest BCUT2D eigenvalue weighted by molar-refractivity contribution is 5.98. The number of aryl methyl sites for hydroxylation is 1. The van der Waals surface area contributed by atoms with Crippen molar-refractivity contribution >= 4 is 11.8 Å². The van der Waals surface area contributed by atoms with Crippen molar-refractivity contribution in [2.45, 2.75) is 57.4 Å². The summed E-state index contributed by atoms with van der Waals surface area (Å²) in [5.74, 6) is -0.357. The lowest BCUT2D eigenvalue weighted by molar-refractivity contribution is 0.0928. The van der Waals surface area contributed by atoms with Gasteiger partial charge in [-0.2, -0.15) is 0 Å². The molecule has 1 saturated carbocycles. The molecule has 1 aliphatic carbocycles. The van der Waals surface area contributed by atoms with Crippen LogP contribution in [0.25, 0.3) is 0 Å². The zero-order valence-electron chi connectivity index (χ0n) is 16.3. The summed E-state index contributed by atoms with van der Waals surface area (Å²) >= 11 is 0. The minimum Gasteiger partial charge on any atom is -0.352 e. The van der Waals surface area contributed by atoms with E-state index in [2.05, 4.69) is 27.8 Å². The van der Waals surface area contributed by atoms with Crippen LogP contribution in [-0.4, -0.2) is 29.4 Å². The van der Waals surface area contributed by atoms with E-state index in [0.29, 0.717) is 17.8 Å². The Balaban J connectivity index is 1.48. The minimum absolute atomic E-state index is 0.168. The molecule has 0 spiro atoms. The number of carbonyl (C=O) groups is 2. The van der Waals surface area contributed by atoms with Crippen LogP contribution in [0.2, 0.25) is 0 Å². The van der Waals surface area contributed by atoms with Crippen LogP contribution in [0.5, 0.6) is 0 Å². The first-order valence-corrected chi connectivity index (χ1v) is 10.3. The zero-order chi connectivity index (χ0) is 19.6. The molecule has 0 atom stereocenters. The summed E-state index contributed by atoms with van der Waals surface area (Å²) in [6.45, 7) is 0.597. The van der Waals surface area contributed by atoms with Crippen LogP contribution >= 0.6 is 0 Å². The van der Waals surface area contributed by atoms with Gasteiger partial charge < -0.3 is 10.6 Å². The molecular formula is C23H29N3O2. The van der Waals surface area contributed by atoms with Crippen LogP contribution in [0.1, 0.15) is 71.4 Å². The number of aromatic nitrogens is 1. The highest BCUT2D eigenvalue weighted by atomic mass is 16.2. The van der Waals surface area contributed by atoms with Crippen molar-refractivity contribution in [1.29, 1.82) is 0 Å². The summed E-state index contributed by atoms with van der Waals surface area (Å²) in [7, 11) is 0. The van der Waals surface area contributed by atoms with Gasteiger partial charge in [0.25, 0.3) is 11.8 Å². The molecule has 148 valence electrons. The van der Waals surface area contributed by atoms with Gasteiger partial charge in [-0.25, -0.2) is 0 Å². The lowest BCUT2D eigenvalue weighted by atomic mass is 10.1. The molecule has 1 fully saturated rings. The SMILES string of the molecule is O=C(NCCCc1ccccc1)c1ccnc(C(=O)NC2CCCCCC2)c1. The van der Waals surface area contributed by atoms with E-state index >= 15 is 0 Å². The zero-order valence-corrected chi connectivity index (χ0v) is 16.3. The maximum Gasteiger partial charge on any atom is 0.270 e. The lowest BCUT2D eigenvalue weighted by Crippen LogP contribution is -2.35. The van der Waals surface area contributed by atoms with Gasteiger partial charge in [0.1, 0.15) is 5.69 Å². The Kier molecular flexibility index (Phi) is 7.59. The van der Waals surface area contributed by atoms with Gasteiger partial charge in [-0.1, -0.05) is 56.0 Å². The molecule has 1 aliphatic rings. The van der Waals surface area contributed by atoms with Gasteiger partial charge in [-0.05, 0) is 43.4 Å². The van der Waals surface area contributed by atoms with Crippen molar-refractivity contribution in [2.75, 3.05) is 6.54 Å². The molecule has 5 nitrogen and oxygen atoms in total. The van der Waals surface area contributed by atoms with E-state index in [1.165, 1.54) is 24.6 Å². The van der Waals surface area contributed by atoms with Crippen LogP contribution in [-0.2, 0) is 6.42 Å². The summed E-state index contributed by atoms with van der Waals surface area (Å²) in [5, 5.41) is 6.01. The van der Waals surface area contributed by atoms with Crippen LogP contribution in [0.4, 0.5) is 0 Å². The van der Waals surface area contributed by atoms with Gasteiger partial charge in [0, 0.05) is 24.3 Å². The molecule has 0 saturated heterocycles.